The van der Waals surface area contributed by atoms with Crippen LogP contribution in [-0.4, -0.2) is 18.0 Å². The Kier molecular flexibility index (Phi) is 2.51. The summed E-state index contributed by atoms with van der Waals surface area (Å²) in [5.41, 5.74) is 0. The van der Waals surface area contributed by atoms with Crippen molar-refractivity contribution in [1.82, 2.24) is 9.55 Å². The van der Waals surface area contributed by atoms with Gasteiger partial charge in [-0.1, -0.05) is 0 Å². The predicted octanol–water partition coefficient (Wildman–Crippen LogP) is 1.42. The van der Waals surface area contributed by atoms with E-state index in [0.717, 1.165) is 0 Å². The molecule has 0 aliphatic carbocycles. The molecular weight excluding hydrogens is 267 g/mol. The van der Waals surface area contributed by atoms with Gasteiger partial charge in [-0.05, 0) is 22.9 Å². The highest BCUT2D eigenvalue weighted by molar-refractivity contribution is 9.10. The highest BCUT2D eigenvalue weighted by atomic mass is 79.9. The first kappa shape index (κ1) is 10.0. The Balaban J connectivity index is 3.48. The largest absolute Gasteiger partial charge is 0.325 e. The molecule has 0 aromatic carbocycles. The van der Waals surface area contributed by atoms with Crippen LogP contribution in [0.15, 0.2) is 9.63 Å². The third kappa shape index (κ3) is 1.65. The molecule has 1 aromatic rings. The Hall–Kier alpha value is -0.0700. The SMILES string of the molecule is Cc1nc(S(=O)(=O)Cl)c(Br)n1C. The molecule has 1 aromatic heterocycles. The monoisotopic (exact) mass is 272 g/mol. The molecule has 0 N–H and O–H groups in total. The minimum Gasteiger partial charge on any atom is -0.325 e. The zero-order chi connectivity index (χ0) is 9.52. The van der Waals surface area contributed by atoms with E-state index in [0.29, 0.717) is 10.4 Å². The van der Waals surface area contributed by atoms with E-state index in [1.165, 1.54) is 0 Å². The van der Waals surface area contributed by atoms with Crippen LogP contribution < -0.4 is 0 Å². The summed E-state index contributed by atoms with van der Waals surface area (Å²) in [6.45, 7) is 1.69. The van der Waals surface area contributed by atoms with E-state index in [9.17, 15) is 8.42 Å². The van der Waals surface area contributed by atoms with Crippen molar-refractivity contribution >= 4 is 35.7 Å². The average molecular weight is 274 g/mol. The predicted molar refractivity (Wildman–Crippen MR) is 48.7 cm³/mol. The number of nitrogens with zero attached hydrogens (tertiary/aromatic N) is 2. The Morgan fingerprint density at radius 3 is 2.25 bits per heavy atom. The van der Waals surface area contributed by atoms with Crippen LogP contribution in [-0.2, 0) is 16.1 Å². The van der Waals surface area contributed by atoms with Crippen LogP contribution in [0.5, 0.6) is 0 Å². The molecule has 0 radical (unpaired) electrons. The molecule has 0 bridgehead atoms. The zero-order valence-electron chi connectivity index (χ0n) is 6.38. The minimum absolute atomic E-state index is 0.135. The van der Waals surface area contributed by atoms with Crippen LogP contribution in [0.3, 0.4) is 0 Å². The Morgan fingerprint density at radius 2 is 2.08 bits per heavy atom. The number of hydrogen-bond acceptors (Lipinski definition) is 3. The summed E-state index contributed by atoms with van der Waals surface area (Å²) in [7, 11) is 3.07. The van der Waals surface area contributed by atoms with Crippen LogP contribution in [0.1, 0.15) is 5.82 Å². The molecule has 7 heteroatoms. The van der Waals surface area contributed by atoms with Crippen LogP contribution in [0.4, 0.5) is 0 Å². The molecule has 0 amide bonds. The number of rotatable bonds is 1. The molecule has 0 aliphatic heterocycles. The fourth-order valence-electron chi connectivity index (χ4n) is 0.709. The van der Waals surface area contributed by atoms with Gasteiger partial charge in [0.1, 0.15) is 10.4 Å². The van der Waals surface area contributed by atoms with E-state index in [2.05, 4.69) is 20.9 Å². The van der Waals surface area contributed by atoms with Crippen molar-refractivity contribution in [3.8, 4) is 0 Å². The molecule has 0 aliphatic rings. The third-order valence-electron chi connectivity index (χ3n) is 1.45. The number of aromatic nitrogens is 2. The highest BCUT2D eigenvalue weighted by Gasteiger charge is 2.20. The summed E-state index contributed by atoms with van der Waals surface area (Å²) in [6.07, 6.45) is 0. The molecule has 0 saturated heterocycles. The Morgan fingerprint density at radius 1 is 1.58 bits per heavy atom. The maximum atomic E-state index is 10.9. The molecular formula is C5H6BrClN2O2S. The molecule has 12 heavy (non-hydrogen) atoms. The lowest BCUT2D eigenvalue weighted by atomic mass is 10.7. The molecule has 1 rings (SSSR count). The first-order valence-electron chi connectivity index (χ1n) is 2.97. The topological polar surface area (TPSA) is 52.0 Å². The summed E-state index contributed by atoms with van der Waals surface area (Å²) in [6, 6.07) is 0. The van der Waals surface area contributed by atoms with Crippen LogP contribution in [0.2, 0.25) is 0 Å². The molecule has 68 valence electrons. The van der Waals surface area contributed by atoms with Crippen molar-refractivity contribution in [2.45, 2.75) is 11.9 Å². The molecule has 1 heterocycles. The van der Waals surface area contributed by atoms with Crippen LogP contribution in [0.25, 0.3) is 0 Å². The Labute approximate surface area is 83.1 Å². The van der Waals surface area contributed by atoms with E-state index in [1.54, 1.807) is 18.5 Å². The van der Waals surface area contributed by atoms with Gasteiger partial charge in [-0.2, -0.15) is 0 Å². The van der Waals surface area contributed by atoms with Crippen molar-refractivity contribution in [3.05, 3.63) is 10.4 Å². The van der Waals surface area contributed by atoms with Crippen molar-refractivity contribution in [1.29, 1.82) is 0 Å². The maximum absolute atomic E-state index is 10.9. The second-order valence-corrected chi connectivity index (χ2v) is 5.48. The summed E-state index contributed by atoms with van der Waals surface area (Å²) < 4.78 is 23.7. The van der Waals surface area contributed by atoms with Crippen molar-refractivity contribution in [2.75, 3.05) is 0 Å². The first-order valence-corrected chi connectivity index (χ1v) is 6.07. The van der Waals surface area contributed by atoms with Gasteiger partial charge in [-0.3, -0.25) is 0 Å². The summed E-state index contributed by atoms with van der Waals surface area (Å²) in [5.74, 6) is 0.584. The fraction of sp³-hybridized carbons (Fsp3) is 0.400. The van der Waals surface area contributed by atoms with Gasteiger partial charge in [0.05, 0.1) is 0 Å². The molecule has 0 atom stereocenters. The normalized spacial score (nSPS) is 12.0. The summed E-state index contributed by atoms with van der Waals surface area (Å²) in [5, 5.41) is -0.135. The first-order chi connectivity index (χ1) is 5.34. The van der Waals surface area contributed by atoms with E-state index in [-0.39, 0.29) is 5.03 Å². The minimum atomic E-state index is -3.74. The van der Waals surface area contributed by atoms with E-state index in [1.807, 2.05) is 0 Å². The number of hydrogen-bond donors (Lipinski definition) is 0. The second kappa shape index (κ2) is 3.01. The van der Waals surface area contributed by atoms with Gasteiger partial charge in [0, 0.05) is 17.7 Å². The second-order valence-electron chi connectivity index (χ2n) is 2.25. The van der Waals surface area contributed by atoms with Gasteiger partial charge < -0.3 is 4.57 Å². The van der Waals surface area contributed by atoms with Gasteiger partial charge in [-0.15, -0.1) is 0 Å². The lowest BCUT2D eigenvalue weighted by Gasteiger charge is -1.94. The molecule has 0 unspecified atom stereocenters. The number of aryl methyl sites for hydroxylation is 1. The summed E-state index contributed by atoms with van der Waals surface area (Å²) >= 11 is 3.07. The zero-order valence-corrected chi connectivity index (χ0v) is 9.53. The molecule has 4 nitrogen and oxygen atoms in total. The lowest BCUT2D eigenvalue weighted by Crippen LogP contribution is -1.93. The van der Waals surface area contributed by atoms with Crippen molar-refractivity contribution < 1.29 is 8.42 Å². The molecule has 0 fully saturated rings. The summed E-state index contributed by atoms with van der Waals surface area (Å²) in [4.78, 5) is 3.78. The highest BCUT2D eigenvalue weighted by Crippen LogP contribution is 2.24. The van der Waals surface area contributed by atoms with Gasteiger partial charge in [-0.25, -0.2) is 13.4 Å². The van der Waals surface area contributed by atoms with Crippen molar-refractivity contribution in [3.63, 3.8) is 0 Å². The number of imidazole rings is 1. The van der Waals surface area contributed by atoms with Crippen LogP contribution >= 0.6 is 26.6 Å². The van der Waals surface area contributed by atoms with Gasteiger partial charge in [0.2, 0.25) is 5.03 Å². The fourth-order valence-corrected chi connectivity index (χ4v) is 2.87. The smallest absolute Gasteiger partial charge is 0.281 e. The van der Waals surface area contributed by atoms with Crippen molar-refractivity contribution in [2.24, 2.45) is 7.05 Å². The van der Waals surface area contributed by atoms with E-state index >= 15 is 0 Å². The lowest BCUT2D eigenvalue weighted by molar-refractivity contribution is 0.606. The van der Waals surface area contributed by atoms with Gasteiger partial charge >= 0.3 is 0 Å². The number of halogens is 2. The quantitative estimate of drug-likeness (QED) is 0.727. The van der Waals surface area contributed by atoms with E-state index in [4.69, 9.17) is 10.7 Å². The standard InChI is InChI=1S/C5H6BrClN2O2S/c1-3-8-5(12(7,10)11)4(6)9(3)2/h1-2H3. The van der Waals surface area contributed by atoms with Gasteiger partial charge in [0.15, 0.2) is 0 Å². The van der Waals surface area contributed by atoms with Crippen LogP contribution in [0, 0.1) is 6.92 Å². The molecule has 0 saturated carbocycles. The van der Waals surface area contributed by atoms with E-state index < -0.39 is 9.05 Å². The average Bonchev–Trinajstić information content (AvgIpc) is 2.15. The maximum Gasteiger partial charge on any atom is 0.281 e. The molecule has 0 spiro atoms. The van der Waals surface area contributed by atoms with Gasteiger partial charge in [0.25, 0.3) is 9.05 Å². The Bertz CT molecular complexity index is 411. The third-order valence-corrected chi connectivity index (χ3v) is 3.81.